The van der Waals surface area contributed by atoms with Gasteiger partial charge in [-0.2, -0.15) is 0 Å². The fourth-order valence-electron chi connectivity index (χ4n) is 5.42. The summed E-state index contributed by atoms with van der Waals surface area (Å²) in [5.74, 6) is -1.96. The van der Waals surface area contributed by atoms with Gasteiger partial charge in [-0.25, -0.2) is 18.3 Å². The van der Waals surface area contributed by atoms with E-state index in [4.69, 9.17) is 27.8 Å². The van der Waals surface area contributed by atoms with Gasteiger partial charge < -0.3 is 14.2 Å². The van der Waals surface area contributed by atoms with Gasteiger partial charge in [0.05, 0.1) is 33.1 Å². The Morgan fingerprint density at radius 2 is 1.45 bits per heavy atom. The SMILES string of the molecule is COc1ccc(Sc2nccn(-c3ccc(OCC4(OP(=O)(OCc5ccccc5)OCc5ccccc5)CC(F)(F)C4)c(OC)c3)c2=O)cc1. The highest BCUT2D eigenvalue weighted by molar-refractivity contribution is 7.99. The normalized spacial score (nSPS) is 14.7. The lowest BCUT2D eigenvalue weighted by Gasteiger charge is -2.46. The van der Waals surface area contributed by atoms with Crippen LogP contribution in [0.5, 0.6) is 17.2 Å². The number of rotatable bonds is 16. The summed E-state index contributed by atoms with van der Waals surface area (Å²) in [6.07, 6.45) is 1.50. The van der Waals surface area contributed by atoms with E-state index in [-0.39, 0.29) is 35.3 Å². The van der Waals surface area contributed by atoms with Gasteiger partial charge in [-0.05, 0) is 47.5 Å². The zero-order chi connectivity index (χ0) is 35.9. The molecule has 1 aromatic heterocycles. The highest BCUT2D eigenvalue weighted by Crippen LogP contribution is 2.61. The molecule has 10 nitrogen and oxygen atoms in total. The Balaban J connectivity index is 1.20. The summed E-state index contributed by atoms with van der Waals surface area (Å²) in [4.78, 5) is 18.5. The van der Waals surface area contributed by atoms with Crippen LogP contribution in [-0.2, 0) is 31.4 Å². The number of ether oxygens (including phenoxy) is 3. The van der Waals surface area contributed by atoms with Crippen LogP contribution in [0.2, 0.25) is 0 Å². The Morgan fingerprint density at radius 3 is 2.02 bits per heavy atom. The van der Waals surface area contributed by atoms with Crippen molar-refractivity contribution < 1.29 is 41.1 Å². The molecule has 1 saturated carbocycles. The number of benzene rings is 4. The van der Waals surface area contributed by atoms with Crippen LogP contribution in [0.3, 0.4) is 0 Å². The molecular formula is C37H35F2N2O8PS. The van der Waals surface area contributed by atoms with Gasteiger partial charge in [0.25, 0.3) is 11.5 Å². The topological polar surface area (TPSA) is 107 Å². The van der Waals surface area contributed by atoms with Gasteiger partial charge in [0.1, 0.15) is 18.0 Å². The van der Waals surface area contributed by atoms with Crippen molar-refractivity contribution in [3.63, 3.8) is 0 Å². The first-order valence-electron chi connectivity index (χ1n) is 15.8. The van der Waals surface area contributed by atoms with Gasteiger partial charge in [-0.1, -0.05) is 72.4 Å². The molecule has 0 radical (unpaired) electrons. The van der Waals surface area contributed by atoms with Gasteiger partial charge >= 0.3 is 7.82 Å². The van der Waals surface area contributed by atoms with E-state index in [0.717, 1.165) is 4.90 Å². The lowest BCUT2D eigenvalue weighted by Crippen LogP contribution is -2.56. The van der Waals surface area contributed by atoms with Crippen molar-refractivity contribution in [2.75, 3.05) is 20.8 Å². The van der Waals surface area contributed by atoms with Crippen molar-refractivity contribution in [3.8, 4) is 22.9 Å². The maximum atomic E-state index is 14.5. The Hall–Kier alpha value is -4.52. The van der Waals surface area contributed by atoms with Crippen LogP contribution in [0.1, 0.15) is 24.0 Å². The van der Waals surface area contributed by atoms with Crippen LogP contribution in [-0.4, -0.2) is 41.9 Å². The van der Waals surface area contributed by atoms with Crippen LogP contribution >= 0.6 is 19.6 Å². The smallest absolute Gasteiger partial charge is 0.476 e. The fraction of sp³-hybridized carbons (Fsp3) is 0.243. The zero-order valence-corrected chi connectivity index (χ0v) is 29.5. The van der Waals surface area contributed by atoms with E-state index in [1.807, 2.05) is 24.3 Å². The molecule has 1 aliphatic rings. The summed E-state index contributed by atoms with van der Waals surface area (Å²) in [5, 5.41) is 0.250. The second kappa shape index (κ2) is 15.8. The van der Waals surface area contributed by atoms with E-state index in [1.54, 1.807) is 86.0 Å². The molecule has 14 heteroatoms. The summed E-state index contributed by atoms with van der Waals surface area (Å²) >= 11 is 1.21. The summed E-state index contributed by atoms with van der Waals surface area (Å²) in [6.45, 7) is -0.683. The van der Waals surface area contributed by atoms with Gasteiger partial charge in [-0.3, -0.25) is 22.9 Å². The molecule has 0 atom stereocenters. The maximum Gasteiger partial charge on any atom is 0.476 e. The molecule has 1 fully saturated rings. The lowest BCUT2D eigenvalue weighted by atomic mass is 9.77. The van der Waals surface area contributed by atoms with E-state index in [2.05, 4.69) is 4.98 Å². The van der Waals surface area contributed by atoms with E-state index < -0.39 is 38.8 Å². The molecule has 0 N–H and O–H groups in total. The van der Waals surface area contributed by atoms with E-state index >= 15 is 0 Å². The van der Waals surface area contributed by atoms with Crippen molar-refractivity contribution in [1.29, 1.82) is 0 Å². The summed E-state index contributed by atoms with van der Waals surface area (Å²) in [6, 6.07) is 29.9. The Morgan fingerprint density at radius 1 is 0.824 bits per heavy atom. The molecule has 0 amide bonds. The average Bonchev–Trinajstić information content (AvgIpc) is 3.13. The van der Waals surface area contributed by atoms with Gasteiger partial charge in [0.2, 0.25) is 0 Å². The van der Waals surface area contributed by atoms with Crippen molar-refractivity contribution >= 4 is 19.6 Å². The molecule has 1 aliphatic carbocycles. The Kier molecular flexibility index (Phi) is 11.2. The van der Waals surface area contributed by atoms with E-state index in [1.165, 1.54) is 35.8 Å². The number of nitrogens with zero attached hydrogens (tertiary/aromatic N) is 2. The van der Waals surface area contributed by atoms with Crippen LogP contribution < -0.4 is 19.8 Å². The van der Waals surface area contributed by atoms with Crippen LogP contribution in [0, 0.1) is 0 Å². The maximum absolute atomic E-state index is 14.5. The Bertz CT molecular complexity index is 1980. The molecule has 0 bridgehead atoms. The summed E-state index contributed by atoms with van der Waals surface area (Å²) < 4.78 is 78.6. The first kappa shape index (κ1) is 36.3. The van der Waals surface area contributed by atoms with E-state index in [9.17, 15) is 18.1 Å². The van der Waals surface area contributed by atoms with E-state index in [0.29, 0.717) is 22.6 Å². The van der Waals surface area contributed by atoms with Crippen molar-refractivity contribution in [2.24, 2.45) is 0 Å². The van der Waals surface area contributed by atoms with Crippen molar-refractivity contribution in [3.05, 3.63) is 137 Å². The minimum absolute atomic E-state index is 0.135. The third-order valence-electron chi connectivity index (χ3n) is 7.93. The van der Waals surface area contributed by atoms with Gasteiger partial charge in [0.15, 0.2) is 16.5 Å². The molecule has 5 aromatic rings. The van der Waals surface area contributed by atoms with Gasteiger partial charge in [0, 0.05) is 36.2 Å². The number of aromatic nitrogens is 2. The highest BCUT2D eigenvalue weighted by Gasteiger charge is 2.61. The lowest BCUT2D eigenvalue weighted by molar-refractivity contribution is -0.210. The largest absolute Gasteiger partial charge is 0.497 e. The molecule has 266 valence electrons. The quantitative estimate of drug-likeness (QED) is 0.0916. The van der Waals surface area contributed by atoms with Crippen molar-refractivity contribution in [2.45, 2.75) is 47.5 Å². The fourth-order valence-corrected chi connectivity index (χ4v) is 7.67. The number of phosphoric ester groups is 1. The monoisotopic (exact) mass is 736 g/mol. The number of hydrogen-bond donors (Lipinski definition) is 0. The zero-order valence-electron chi connectivity index (χ0n) is 27.8. The molecule has 0 spiro atoms. The van der Waals surface area contributed by atoms with Crippen LogP contribution in [0.25, 0.3) is 5.69 Å². The number of methoxy groups -OCH3 is 2. The minimum Gasteiger partial charge on any atom is -0.497 e. The van der Waals surface area contributed by atoms with Crippen molar-refractivity contribution in [1.82, 2.24) is 9.55 Å². The predicted octanol–water partition coefficient (Wildman–Crippen LogP) is 8.51. The number of halogens is 2. The molecule has 1 heterocycles. The molecule has 4 aromatic carbocycles. The molecule has 51 heavy (non-hydrogen) atoms. The molecule has 0 aliphatic heterocycles. The summed E-state index contributed by atoms with van der Waals surface area (Å²) in [7, 11) is -1.43. The number of phosphoric acid groups is 1. The molecule has 0 unspecified atom stereocenters. The number of hydrogen-bond acceptors (Lipinski definition) is 10. The number of alkyl halides is 2. The molecular weight excluding hydrogens is 701 g/mol. The standard InChI is InChI=1S/C37H35F2N2O8PS/c1-44-30-14-16-31(17-15-30)51-34-35(42)41(20-19-40-34)29-13-18-32(33(21-29)45-2)46-26-36(24-37(38,39)25-36)49-50(43,47-22-27-9-5-3-6-10-27)48-23-28-11-7-4-8-12-28/h3-21H,22-26H2,1-2H3. The van der Waals surface area contributed by atoms with Crippen LogP contribution in [0.15, 0.2) is 130 Å². The predicted molar refractivity (Wildman–Crippen MR) is 187 cm³/mol. The molecule has 0 saturated heterocycles. The van der Waals surface area contributed by atoms with Gasteiger partial charge in [-0.15, -0.1) is 0 Å². The second-order valence-electron chi connectivity index (χ2n) is 11.8. The first-order chi connectivity index (χ1) is 24.6. The first-order valence-corrected chi connectivity index (χ1v) is 18.1. The minimum atomic E-state index is -4.42. The van der Waals surface area contributed by atoms with Crippen LogP contribution in [0.4, 0.5) is 8.78 Å². The summed E-state index contributed by atoms with van der Waals surface area (Å²) in [5.41, 5.74) is -0.222. The third kappa shape index (κ3) is 9.24. The second-order valence-corrected chi connectivity index (χ2v) is 14.4. The highest BCUT2D eigenvalue weighted by atomic mass is 32.2. The average molecular weight is 737 g/mol. The molecule has 6 rings (SSSR count). The third-order valence-corrected chi connectivity index (χ3v) is 10.4. The Labute approximate surface area is 297 Å².